The molecule has 1 amide bonds. The van der Waals surface area contributed by atoms with Gasteiger partial charge in [-0.25, -0.2) is 4.39 Å². The Kier molecular flexibility index (Phi) is 7.40. The van der Waals surface area contributed by atoms with Crippen molar-refractivity contribution in [2.24, 2.45) is 0 Å². The summed E-state index contributed by atoms with van der Waals surface area (Å²) in [4.78, 5) is 28.6. The molecule has 186 valence electrons. The molecule has 0 unspecified atom stereocenters. The van der Waals surface area contributed by atoms with Crippen LogP contribution < -0.4 is 14.9 Å². The average molecular weight is 484 g/mol. The van der Waals surface area contributed by atoms with Gasteiger partial charge >= 0.3 is 0 Å². The zero-order valence-corrected chi connectivity index (χ0v) is 20.4. The van der Waals surface area contributed by atoms with E-state index in [2.05, 4.69) is 0 Å². The first-order chi connectivity index (χ1) is 16.8. The van der Waals surface area contributed by atoms with Crippen molar-refractivity contribution < 1.29 is 27.8 Å². The van der Waals surface area contributed by atoms with Gasteiger partial charge in [0, 0.05) is 13.2 Å². The van der Waals surface area contributed by atoms with Gasteiger partial charge in [0.2, 0.25) is 5.76 Å². The first-order valence-electron chi connectivity index (χ1n) is 11.9. The van der Waals surface area contributed by atoms with Crippen molar-refractivity contribution in [3.8, 4) is 11.5 Å². The maximum Gasteiger partial charge on any atom is 0.290 e. The van der Waals surface area contributed by atoms with Crippen molar-refractivity contribution in [3.63, 3.8) is 0 Å². The summed E-state index contributed by atoms with van der Waals surface area (Å²) >= 11 is 0. The Morgan fingerprint density at radius 3 is 2.49 bits per heavy atom. The molecule has 7 nitrogen and oxygen atoms in total. The Hall–Kier alpha value is -3.39. The van der Waals surface area contributed by atoms with Crippen molar-refractivity contribution in [1.82, 2.24) is 4.90 Å². The second-order valence-electron chi connectivity index (χ2n) is 8.56. The molecule has 0 saturated heterocycles. The van der Waals surface area contributed by atoms with Crippen LogP contribution in [0.25, 0.3) is 11.0 Å². The molecular weight excluding hydrogens is 453 g/mol. The predicted molar refractivity (Wildman–Crippen MR) is 130 cm³/mol. The van der Waals surface area contributed by atoms with Crippen LogP contribution in [-0.4, -0.2) is 43.3 Å². The first kappa shape index (κ1) is 24.7. The lowest BCUT2D eigenvalue weighted by Gasteiger charge is -2.26. The highest BCUT2D eigenvalue weighted by Crippen LogP contribution is 2.41. The normalized spacial score (nSPS) is 15.2. The molecule has 0 spiro atoms. The van der Waals surface area contributed by atoms with Crippen molar-refractivity contribution in [3.05, 3.63) is 69.3 Å². The highest BCUT2D eigenvalue weighted by Gasteiger charge is 2.42. The van der Waals surface area contributed by atoms with Crippen LogP contribution in [0.15, 0.2) is 45.6 Å². The van der Waals surface area contributed by atoms with E-state index in [1.165, 1.54) is 12.1 Å². The number of nitrogens with zero attached hydrogens (tertiary/aromatic N) is 1. The molecule has 1 aromatic heterocycles. The Bertz CT molecular complexity index is 1280. The van der Waals surface area contributed by atoms with Crippen molar-refractivity contribution in [1.29, 1.82) is 0 Å². The third-order valence-corrected chi connectivity index (χ3v) is 5.81. The van der Waals surface area contributed by atoms with E-state index in [0.29, 0.717) is 49.8 Å². The quantitative estimate of drug-likeness (QED) is 0.374. The number of carbonyl (C=O) groups is 1. The van der Waals surface area contributed by atoms with E-state index in [-0.39, 0.29) is 34.3 Å². The fourth-order valence-electron chi connectivity index (χ4n) is 4.36. The molecular formula is C27H30FNO6. The van der Waals surface area contributed by atoms with E-state index in [1.54, 1.807) is 17.0 Å². The number of benzene rings is 2. The summed E-state index contributed by atoms with van der Waals surface area (Å²) in [6.45, 7) is 9.34. The summed E-state index contributed by atoms with van der Waals surface area (Å²) in [6, 6.07) is 8.38. The number of carbonyl (C=O) groups excluding carboxylic acids is 1. The fraction of sp³-hybridized carbons (Fsp3) is 0.407. The smallest absolute Gasteiger partial charge is 0.290 e. The lowest BCUT2D eigenvalue weighted by Crippen LogP contribution is -2.31. The predicted octanol–water partition coefficient (Wildman–Crippen LogP) is 5.09. The minimum atomic E-state index is -0.713. The van der Waals surface area contributed by atoms with E-state index in [1.807, 2.05) is 33.8 Å². The lowest BCUT2D eigenvalue weighted by molar-refractivity contribution is 0.0593. The molecule has 0 fully saturated rings. The van der Waals surface area contributed by atoms with E-state index >= 15 is 0 Å². The van der Waals surface area contributed by atoms with Gasteiger partial charge in [0.1, 0.15) is 11.4 Å². The van der Waals surface area contributed by atoms with Gasteiger partial charge in [-0.1, -0.05) is 6.07 Å². The van der Waals surface area contributed by atoms with Gasteiger partial charge in [-0.05, 0) is 70.0 Å². The molecule has 0 aliphatic carbocycles. The van der Waals surface area contributed by atoms with Gasteiger partial charge in [-0.3, -0.25) is 9.59 Å². The summed E-state index contributed by atoms with van der Waals surface area (Å²) in [6.07, 6.45) is 0.645. The third kappa shape index (κ3) is 4.89. The number of amides is 1. The van der Waals surface area contributed by atoms with Crippen LogP contribution >= 0.6 is 0 Å². The number of hydrogen-bond donors (Lipinski definition) is 0. The average Bonchev–Trinajstić information content (AvgIpc) is 3.10. The van der Waals surface area contributed by atoms with E-state index < -0.39 is 17.3 Å². The molecule has 35 heavy (non-hydrogen) atoms. The van der Waals surface area contributed by atoms with Crippen LogP contribution in [0, 0.1) is 5.82 Å². The highest BCUT2D eigenvalue weighted by atomic mass is 19.1. The second kappa shape index (κ2) is 10.5. The number of fused-ring (bicyclic) bond motifs is 2. The molecule has 0 bridgehead atoms. The maximum atomic E-state index is 14.0. The molecule has 3 aromatic rings. The van der Waals surface area contributed by atoms with Gasteiger partial charge in [0.25, 0.3) is 5.91 Å². The molecule has 2 aromatic carbocycles. The van der Waals surface area contributed by atoms with Crippen LogP contribution in [0.3, 0.4) is 0 Å². The Morgan fingerprint density at radius 1 is 1.03 bits per heavy atom. The Labute approximate surface area is 203 Å². The monoisotopic (exact) mass is 483 g/mol. The lowest BCUT2D eigenvalue weighted by atomic mass is 9.98. The highest BCUT2D eigenvalue weighted by molar-refractivity contribution is 5.99. The fourth-order valence-corrected chi connectivity index (χ4v) is 4.36. The van der Waals surface area contributed by atoms with Crippen molar-refractivity contribution in [2.45, 2.75) is 46.3 Å². The van der Waals surface area contributed by atoms with E-state index in [4.69, 9.17) is 18.6 Å². The summed E-state index contributed by atoms with van der Waals surface area (Å²) in [5, 5.41) is 0.0995. The summed E-state index contributed by atoms with van der Waals surface area (Å²) in [5.41, 5.74) is 0.627. The van der Waals surface area contributed by atoms with Crippen LogP contribution in [-0.2, 0) is 4.74 Å². The number of ether oxygens (including phenoxy) is 3. The van der Waals surface area contributed by atoms with Crippen LogP contribution in [0.5, 0.6) is 11.5 Å². The van der Waals surface area contributed by atoms with Gasteiger partial charge in [-0.2, -0.15) is 0 Å². The summed E-state index contributed by atoms with van der Waals surface area (Å²) in [5.74, 6) is 0.146. The Balaban J connectivity index is 1.84. The van der Waals surface area contributed by atoms with Gasteiger partial charge in [-0.15, -0.1) is 0 Å². The molecule has 1 aliphatic heterocycles. The summed E-state index contributed by atoms with van der Waals surface area (Å²) < 4.78 is 36.9. The molecule has 4 rings (SSSR count). The van der Waals surface area contributed by atoms with Crippen molar-refractivity contribution in [2.75, 3.05) is 26.4 Å². The molecule has 1 atom stereocenters. The number of hydrogen-bond acceptors (Lipinski definition) is 6. The van der Waals surface area contributed by atoms with E-state index in [9.17, 15) is 14.0 Å². The van der Waals surface area contributed by atoms with Crippen LogP contribution in [0.2, 0.25) is 0 Å². The standard InChI is InChI=1S/C27H30FNO6/c1-5-32-21-10-8-17(14-22(21)33-6-2)24-23-25(30)19-15-18(28)9-11-20(19)35-26(23)27(31)29(24)12-7-13-34-16(3)4/h8-11,14-16,24H,5-7,12-13H2,1-4H3/t24-/m1/s1. The zero-order valence-electron chi connectivity index (χ0n) is 20.4. The summed E-state index contributed by atoms with van der Waals surface area (Å²) in [7, 11) is 0. The van der Waals surface area contributed by atoms with Crippen LogP contribution in [0.1, 0.15) is 61.8 Å². The van der Waals surface area contributed by atoms with Gasteiger partial charge < -0.3 is 23.5 Å². The molecule has 0 N–H and O–H groups in total. The molecule has 1 aliphatic rings. The van der Waals surface area contributed by atoms with Crippen molar-refractivity contribution >= 4 is 16.9 Å². The maximum absolute atomic E-state index is 14.0. The SMILES string of the molecule is CCOc1ccc([C@@H]2c3c(oc4ccc(F)cc4c3=O)C(=O)N2CCCOC(C)C)cc1OCC. The number of rotatable bonds is 10. The number of halogens is 1. The second-order valence-corrected chi connectivity index (χ2v) is 8.56. The largest absolute Gasteiger partial charge is 0.490 e. The third-order valence-electron chi connectivity index (χ3n) is 5.81. The minimum Gasteiger partial charge on any atom is -0.490 e. The van der Waals surface area contributed by atoms with E-state index in [0.717, 1.165) is 6.07 Å². The zero-order chi connectivity index (χ0) is 25.1. The van der Waals surface area contributed by atoms with Gasteiger partial charge in [0.15, 0.2) is 16.9 Å². The topological polar surface area (TPSA) is 78.2 Å². The van der Waals surface area contributed by atoms with Crippen LogP contribution in [0.4, 0.5) is 4.39 Å². The molecule has 8 heteroatoms. The molecule has 0 saturated carbocycles. The minimum absolute atomic E-state index is 0.0178. The first-order valence-corrected chi connectivity index (χ1v) is 11.9. The van der Waals surface area contributed by atoms with Gasteiger partial charge in [0.05, 0.1) is 36.3 Å². The Morgan fingerprint density at radius 2 is 1.77 bits per heavy atom. The molecule has 0 radical (unpaired) electrons. The molecule has 2 heterocycles.